The van der Waals surface area contributed by atoms with Crippen LogP contribution in [0.2, 0.25) is 0 Å². The fraction of sp³-hybridized carbons (Fsp3) is 0.696. The number of aliphatic hydroxyl groups is 2. The second kappa shape index (κ2) is 12.1. The van der Waals surface area contributed by atoms with Crippen LogP contribution in [0.5, 0.6) is 0 Å². The Morgan fingerprint density at radius 1 is 1.07 bits per heavy atom. The van der Waals surface area contributed by atoms with Gasteiger partial charge >= 0.3 is 6.09 Å². The van der Waals surface area contributed by atoms with Gasteiger partial charge in [0.25, 0.3) is 0 Å². The van der Waals surface area contributed by atoms with Crippen molar-refractivity contribution in [2.75, 3.05) is 0 Å². The summed E-state index contributed by atoms with van der Waals surface area (Å²) >= 11 is 0. The monoisotopic (exact) mass is 393 g/mol. The lowest BCUT2D eigenvalue weighted by molar-refractivity contribution is -0.0198. The highest BCUT2D eigenvalue weighted by Crippen LogP contribution is 2.17. The number of rotatable bonds is 11. The average Bonchev–Trinajstić information content (AvgIpc) is 2.58. The van der Waals surface area contributed by atoms with E-state index in [9.17, 15) is 15.0 Å². The number of benzene rings is 1. The van der Waals surface area contributed by atoms with Crippen molar-refractivity contribution in [3.05, 3.63) is 35.9 Å². The molecule has 0 heterocycles. The third kappa shape index (κ3) is 10.7. The third-order valence-corrected chi connectivity index (χ3v) is 4.54. The number of aliphatic hydroxyl groups excluding tert-OH is 2. The van der Waals surface area contributed by atoms with Crippen molar-refractivity contribution in [3.8, 4) is 0 Å². The summed E-state index contributed by atoms with van der Waals surface area (Å²) in [7, 11) is 0. The van der Waals surface area contributed by atoms with Crippen LogP contribution in [0, 0.1) is 5.92 Å². The van der Waals surface area contributed by atoms with Gasteiger partial charge in [-0.15, -0.1) is 0 Å². The minimum absolute atomic E-state index is 0.262. The molecule has 5 nitrogen and oxygen atoms in total. The SMILES string of the molecule is CC(C)C[C@@H](O)[C@@H](O)[C@H](CCCCCc1ccccc1)NC(=O)OC(C)(C)C. The molecular weight excluding hydrogens is 354 g/mol. The minimum atomic E-state index is -1.01. The summed E-state index contributed by atoms with van der Waals surface area (Å²) in [5, 5.41) is 23.7. The first kappa shape index (κ1) is 24.4. The van der Waals surface area contributed by atoms with Gasteiger partial charge in [0.05, 0.1) is 12.1 Å². The van der Waals surface area contributed by atoms with E-state index in [0.717, 1.165) is 25.7 Å². The van der Waals surface area contributed by atoms with E-state index < -0.39 is 29.9 Å². The molecule has 160 valence electrons. The zero-order valence-corrected chi connectivity index (χ0v) is 18.1. The lowest BCUT2D eigenvalue weighted by Gasteiger charge is -2.30. The number of carbonyl (C=O) groups excluding carboxylic acids is 1. The molecule has 1 amide bonds. The van der Waals surface area contributed by atoms with Crippen LogP contribution in [0.3, 0.4) is 0 Å². The Hall–Kier alpha value is -1.59. The highest BCUT2D eigenvalue weighted by molar-refractivity contribution is 5.68. The van der Waals surface area contributed by atoms with E-state index in [4.69, 9.17) is 4.74 Å². The quantitative estimate of drug-likeness (QED) is 0.485. The summed E-state index contributed by atoms with van der Waals surface area (Å²) in [6, 6.07) is 9.82. The Labute approximate surface area is 170 Å². The molecule has 0 aliphatic heterocycles. The van der Waals surface area contributed by atoms with Gasteiger partial charge in [-0.05, 0) is 57.9 Å². The minimum Gasteiger partial charge on any atom is -0.444 e. The molecule has 0 radical (unpaired) electrons. The van der Waals surface area contributed by atoms with Gasteiger partial charge in [0.1, 0.15) is 11.7 Å². The topological polar surface area (TPSA) is 78.8 Å². The Morgan fingerprint density at radius 3 is 2.29 bits per heavy atom. The highest BCUT2D eigenvalue weighted by atomic mass is 16.6. The Morgan fingerprint density at radius 2 is 1.71 bits per heavy atom. The first-order valence-electron chi connectivity index (χ1n) is 10.5. The number of ether oxygens (including phenoxy) is 1. The van der Waals surface area contributed by atoms with Crippen LogP contribution in [0.25, 0.3) is 0 Å². The van der Waals surface area contributed by atoms with Crippen molar-refractivity contribution >= 4 is 6.09 Å². The largest absolute Gasteiger partial charge is 0.444 e. The molecule has 0 fully saturated rings. The van der Waals surface area contributed by atoms with Crippen molar-refractivity contribution in [1.82, 2.24) is 5.32 Å². The number of hydrogen-bond acceptors (Lipinski definition) is 4. The molecular formula is C23H39NO4. The number of hydrogen-bond donors (Lipinski definition) is 3. The van der Waals surface area contributed by atoms with Crippen LogP contribution in [0.1, 0.15) is 72.3 Å². The molecule has 1 aromatic rings. The molecule has 0 unspecified atom stereocenters. The molecule has 3 N–H and O–H groups in total. The van der Waals surface area contributed by atoms with E-state index in [2.05, 4.69) is 17.4 Å². The van der Waals surface area contributed by atoms with Gasteiger partial charge in [-0.3, -0.25) is 0 Å². The predicted molar refractivity (Wildman–Crippen MR) is 113 cm³/mol. The summed E-state index contributed by atoms with van der Waals surface area (Å²) in [5.74, 6) is 0.262. The summed E-state index contributed by atoms with van der Waals surface area (Å²) in [6.07, 6.45) is 2.57. The van der Waals surface area contributed by atoms with E-state index in [0.29, 0.717) is 12.8 Å². The number of alkyl carbamates (subject to hydrolysis) is 1. The molecule has 1 aromatic carbocycles. The van der Waals surface area contributed by atoms with Gasteiger partial charge in [0, 0.05) is 0 Å². The molecule has 0 aliphatic rings. The zero-order valence-electron chi connectivity index (χ0n) is 18.1. The highest BCUT2D eigenvalue weighted by Gasteiger charge is 2.29. The maximum atomic E-state index is 12.2. The van der Waals surface area contributed by atoms with Gasteiger partial charge in [-0.2, -0.15) is 0 Å². The number of aryl methyl sites for hydroxylation is 1. The average molecular weight is 394 g/mol. The second-order valence-electron chi connectivity index (χ2n) is 9.03. The Kier molecular flexibility index (Phi) is 10.5. The van der Waals surface area contributed by atoms with Crippen LogP contribution < -0.4 is 5.32 Å². The molecule has 3 atom stereocenters. The first-order valence-corrected chi connectivity index (χ1v) is 10.5. The molecule has 0 bridgehead atoms. The van der Waals surface area contributed by atoms with Gasteiger partial charge in [0.15, 0.2) is 0 Å². The zero-order chi connectivity index (χ0) is 21.2. The van der Waals surface area contributed by atoms with E-state index in [-0.39, 0.29) is 5.92 Å². The lowest BCUT2D eigenvalue weighted by atomic mass is 9.94. The van der Waals surface area contributed by atoms with Gasteiger partial charge in [-0.25, -0.2) is 4.79 Å². The van der Waals surface area contributed by atoms with Crippen LogP contribution in [0.4, 0.5) is 4.79 Å². The van der Waals surface area contributed by atoms with Crippen LogP contribution in [0.15, 0.2) is 30.3 Å². The molecule has 5 heteroatoms. The maximum absolute atomic E-state index is 12.2. The molecule has 0 spiro atoms. The van der Waals surface area contributed by atoms with Gasteiger partial charge in [-0.1, -0.05) is 57.0 Å². The van der Waals surface area contributed by atoms with Crippen LogP contribution in [-0.2, 0) is 11.2 Å². The number of carbonyl (C=O) groups is 1. The first-order chi connectivity index (χ1) is 13.1. The standard InChI is InChI=1S/C23H39NO4/c1-17(2)16-20(25)21(26)19(24-22(27)28-23(3,4)5)15-11-7-10-14-18-12-8-6-9-13-18/h6,8-9,12-13,17,19-21,25-26H,7,10-11,14-16H2,1-5H3,(H,24,27)/t19-,20+,21-/m0/s1. The number of unbranched alkanes of at least 4 members (excludes halogenated alkanes) is 2. The van der Waals surface area contributed by atoms with Crippen LogP contribution >= 0.6 is 0 Å². The summed E-state index contributed by atoms with van der Waals surface area (Å²) in [5.41, 5.74) is 0.713. The van der Waals surface area contributed by atoms with Gasteiger partial charge < -0.3 is 20.3 Å². The molecule has 28 heavy (non-hydrogen) atoms. The fourth-order valence-electron chi connectivity index (χ4n) is 3.19. The van der Waals surface area contributed by atoms with E-state index in [1.165, 1.54) is 5.56 Å². The molecule has 0 aliphatic carbocycles. The smallest absolute Gasteiger partial charge is 0.407 e. The van der Waals surface area contributed by atoms with Crippen molar-refractivity contribution in [2.45, 2.75) is 97.0 Å². The van der Waals surface area contributed by atoms with E-state index in [1.54, 1.807) is 20.8 Å². The summed E-state index contributed by atoms with van der Waals surface area (Å²) < 4.78 is 5.32. The van der Waals surface area contributed by atoms with Gasteiger partial charge in [0.2, 0.25) is 0 Å². The summed E-state index contributed by atoms with van der Waals surface area (Å²) in [4.78, 5) is 12.2. The summed E-state index contributed by atoms with van der Waals surface area (Å²) in [6.45, 7) is 9.39. The lowest BCUT2D eigenvalue weighted by Crippen LogP contribution is -2.50. The number of amides is 1. The van der Waals surface area contributed by atoms with Crippen molar-refractivity contribution in [3.63, 3.8) is 0 Å². The Balaban J connectivity index is 2.54. The third-order valence-electron chi connectivity index (χ3n) is 4.54. The van der Waals surface area contributed by atoms with E-state index in [1.807, 2.05) is 32.0 Å². The maximum Gasteiger partial charge on any atom is 0.407 e. The normalized spacial score (nSPS) is 15.1. The molecule has 0 aromatic heterocycles. The van der Waals surface area contributed by atoms with Crippen molar-refractivity contribution < 1.29 is 19.7 Å². The molecule has 0 saturated carbocycles. The van der Waals surface area contributed by atoms with Crippen molar-refractivity contribution in [2.24, 2.45) is 5.92 Å². The van der Waals surface area contributed by atoms with Crippen molar-refractivity contribution in [1.29, 1.82) is 0 Å². The predicted octanol–water partition coefficient (Wildman–Crippen LogP) is 4.45. The fourth-order valence-corrected chi connectivity index (χ4v) is 3.19. The second-order valence-corrected chi connectivity index (χ2v) is 9.03. The molecule has 0 saturated heterocycles. The Bertz CT molecular complexity index is 553. The van der Waals surface area contributed by atoms with Crippen LogP contribution in [-0.4, -0.2) is 40.2 Å². The van der Waals surface area contributed by atoms with E-state index >= 15 is 0 Å². The number of nitrogens with one attached hydrogen (secondary N) is 1. The molecule has 1 rings (SSSR count).